The van der Waals surface area contributed by atoms with Gasteiger partial charge in [0, 0.05) is 12.6 Å². The highest BCUT2D eigenvalue weighted by Gasteiger charge is 2.29. The van der Waals surface area contributed by atoms with Gasteiger partial charge in [-0.05, 0) is 25.1 Å². The average molecular weight is 341 g/mol. The van der Waals surface area contributed by atoms with Crippen LogP contribution in [0.2, 0.25) is 5.02 Å². The van der Waals surface area contributed by atoms with Crippen molar-refractivity contribution in [2.24, 2.45) is 0 Å². The molecule has 7 heteroatoms. The molecule has 6 nitrogen and oxygen atoms in total. The molecule has 2 rings (SSSR count). The van der Waals surface area contributed by atoms with Crippen LogP contribution in [0.1, 0.15) is 13.8 Å². The first-order valence-corrected chi connectivity index (χ1v) is 8.04. The van der Waals surface area contributed by atoms with Crippen LogP contribution in [0.25, 0.3) is 0 Å². The molecule has 0 unspecified atom stereocenters. The van der Waals surface area contributed by atoms with Crippen molar-refractivity contribution in [1.29, 1.82) is 0 Å². The first kappa shape index (κ1) is 17.6. The van der Waals surface area contributed by atoms with Crippen LogP contribution < -0.4 is 15.0 Å². The third kappa shape index (κ3) is 4.36. The van der Waals surface area contributed by atoms with Gasteiger partial charge in [0.2, 0.25) is 5.91 Å². The van der Waals surface area contributed by atoms with Gasteiger partial charge in [-0.25, -0.2) is 0 Å². The summed E-state index contributed by atoms with van der Waals surface area (Å²) in [5.74, 6) is 0.607. The van der Waals surface area contributed by atoms with E-state index < -0.39 is 0 Å². The van der Waals surface area contributed by atoms with Gasteiger partial charge in [-0.3, -0.25) is 9.59 Å². The molecule has 1 heterocycles. The summed E-state index contributed by atoms with van der Waals surface area (Å²) in [6, 6.07) is 4.97. The van der Waals surface area contributed by atoms with Crippen molar-refractivity contribution in [3.05, 3.63) is 23.2 Å². The molecule has 1 fully saturated rings. The van der Waals surface area contributed by atoms with E-state index in [1.54, 1.807) is 32.2 Å². The van der Waals surface area contributed by atoms with E-state index in [9.17, 15) is 9.59 Å². The first-order chi connectivity index (χ1) is 10.9. The standard InChI is InChI=1S/C16H22ClN3O3/c1-11(19-6-8-20(9-7-19)12(2)21)16(22)18-13-4-5-15(23-3)14(17)10-13/h4-5,10-11H,6-9H2,1-3H3,(H,18,22)/p+1/t11-/m0/s1. The van der Waals surface area contributed by atoms with Gasteiger partial charge in [0.15, 0.2) is 6.04 Å². The van der Waals surface area contributed by atoms with Crippen LogP contribution in [0.15, 0.2) is 18.2 Å². The number of amides is 2. The maximum Gasteiger partial charge on any atom is 0.282 e. The highest BCUT2D eigenvalue weighted by molar-refractivity contribution is 6.32. The van der Waals surface area contributed by atoms with Crippen molar-refractivity contribution in [1.82, 2.24) is 4.90 Å². The van der Waals surface area contributed by atoms with Crippen LogP contribution in [0, 0.1) is 0 Å². The van der Waals surface area contributed by atoms with Gasteiger partial charge >= 0.3 is 0 Å². The lowest BCUT2D eigenvalue weighted by atomic mass is 10.2. The van der Waals surface area contributed by atoms with Crippen molar-refractivity contribution in [3.8, 4) is 5.75 Å². The summed E-state index contributed by atoms with van der Waals surface area (Å²) in [6.45, 7) is 6.41. The maximum absolute atomic E-state index is 12.4. The van der Waals surface area contributed by atoms with Crippen LogP contribution in [0.5, 0.6) is 5.75 Å². The van der Waals surface area contributed by atoms with Crippen molar-refractivity contribution in [2.45, 2.75) is 19.9 Å². The van der Waals surface area contributed by atoms with E-state index in [1.807, 2.05) is 11.8 Å². The topological polar surface area (TPSA) is 63.1 Å². The Morgan fingerprint density at radius 2 is 2.00 bits per heavy atom. The third-order valence-corrected chi connectivity index (χ3v) is 4.57. The predicted molar refractivity (Wildman–Crippen MR) is 89.0 cm³/mol. The van der Waals surface area contributed by atoms with E-state index in [4.69, 9.17) is 16.3 Å². The lowest BCUT2D eigenvalue weighted by Gasteiger charge is -2.34. The fourth-order valence-electron chi connectivity index (χ4n) is 2.72. The molecular weight excluding hydrogens is 318 g/mol. The molecule has 1 saturated heterocycles. The zero-order valence-electron chi connectivity index (χ0n) is 13.7. The number of carbonyl (C=O) groups excluding carboxylic acids is 2. The number of rotatable bonds is 4. The molecule has 0 aromatic heterocycles. The van der Waals surface area contributed by atoms with E-state index in [0.717, 1.165) is 13.1 Å². The Hall–Kier alpha value is -1.79. The average Bonchev–Trinajstić information content (AvgIpc) is 2.54. The normalized spacial score (nSPS) is 16.8. The van der Waals surface area contributed by atoms with Gasteiger partial charge in [-0.2, -0.15) is 0 Å². The minimum absolute atomic E-state index is 0.0579. The molecule has 1 aliphatic heterocycles. The Morgan fingerprint density at radius 1 is 1.35 bits per heavy atom. The molecule has 0 bridgehead atoms. The largest absolute Gasteiger partial charge is 0.495 e. The molecule has 2 N–H and O–H groups in total. The Kier molecular flexibility index (Phi) is 5.85. The summed E-state index contributed by atoms with van der Waals surface area (Å²) >= 11 is 6.07. The Balaban J connectivity index is 1.93. The lowest BCUT2D eigenvalue weighted by Crippen LogP contribution is -3.19. The molecular formula is C16H23ClN3O3+. The smallest absolute Gasteiger partial charge is 0.282 e. The number of hydrogen-bond donors (Lipinski definition) is 2. The van der Waals surface area contributed by atoms with Crippen LogP contribution >= 0.6 is 11.6 Å². The maximum atomic E-state index is 12.4. The zero-order valence-corrected chi connectivity index (χ0v) is 14.4. The van der Waals surface area contributed by atoms with Crippen molar-refractivity contribution in [2.75, 3.05) is 38.6 Å². The number of hydrogen-bond acceptors (Lipinski definition) is 3. The van der Waals surface area contributed by atoms with Crippen LogP contribution in [0.3, 0.4) is 0 Å². The molecule has 1 aromatic carbocycles. The van der Waals surface area contributed by atoms with Crippen molar-refractivity contribution >= 4 is 29.1 Å². The minimum Gasteiger partial charge on any atom is -0.495 e. The summed E-state index contributed by atoms with van der Waals surface area (Å²) in [6.07, 6.45) is 0. The number of carbonyl (C=O) groups is 2. The van der Waals surface area contributed by atoms with Crippen molar-refractivity contribution < 1.29 is 19.2 Å². The molecule has 0 aliphatic carbocycles. The number of quaternary nitrogens is 1. The number of anilines is 1. The van der Waals surface area contributed by atoms with Crippen LogP contribution in [-0.4, -0.2) is 56.0 Å². The zero-order chi connectivity index (χ0) is 17.0. The molecule has 1 atom stereocenters. The second-order valence-electron chi connectivity index (χ2n) is 5.72. The monoisotopic (exact) mass is 340 g/mol. The SMILES string of the molecule is COc1ccc(NC(=O)[C@H](C)[NH+]2CCN(C(C)=O)CC2)cc1Cl. The van der Waals surface area contributed by atoms with Crippen LogP contribution in [0.4, 0.5) is 5.69 Å². The highest BCUT2D eigenvalue weighted by atomic mass is 35.5. The number of ether oxygens (including phenoxy) is 1. The number of nitrogens with zero attached hydrogens (tertiary/aromatic N) is 1. The Morgan fingerprint density at radius 3 is 2.52 bits per heavy atom. The molecule has 23 heavy (non-hydrogen) atoms. The number of benzene rings is 1. The summed E-state index contributed by atoms with van der Waals surface area (Å²) in [4.78, 5) is 26.8. The number of halogens is 1. The molecule has 0 spiro atoms. The fourth-order valence-corrected chi connectivity index (χ4v) is 2.98. The minimum atomic E-state index is -0.190. The molecule has 1 aromatic rings. The highest BCUT2D eigenvalue weighted by Crippen LogP contribution is 2.27. The van der Waals surface area contributed by atoms with Gasteiger partial charge in [0.1, 0.15) is 5.75 Å². The van der Waals surface area contributed by atoms with Gasteiger partial charge < -0.3 is 19.9 Å². The third-order valence-electron chi connectivity index (χ3n) is 4.28. The molecule has 0 saturated carbocycles. The number of nitrogens with one attached hydrogen (secondary N) is 2. The van der Waals surface area contributed by atoms with E-state index in [2.05, 4.69) is 5.32 Å². The molecule has 126 valence electrons. The van der Waals surface area contributed by atoms with E-state index in [0.29, 0.717) is 29.5 Å². The van der Waals surface area contributed by atoms with Crippen molar-refractivity contribution in [3.63, 3.8) is 0 Å². The Labute approximate surface area is 141 Å². The van der Waals surface area contributed by atoms with Gasteiger partial charge in [-0.1, -0.05) is 11.6 Å². The van der Waals surface area contributed by atoms with Crippen LogP contribution in [-0.2, 0) is 9.59 Å². The Bertz CT molecular complexity index is 586. The number of piperazine rings is 1. The second-order valence-corrected chi connectivity index (χ2v) is 6.13. The molecule has 0 radical (unpaired) electrons. The van der Waals surface area contributed by atoms with Gasteiger partial charge in [-0.15, -0.1) is 0 Å². The fraction of sp³-hybridized carbons (Fsp3) is 0.500. The quantitative estimate of drug-likeness (QED) is 0.835. The van der Waals surface area contributed by atoms with E-state index in [1.165, 1.54) is 4.90 Å². The second kappa shape index (κ2) is 7.66. The van der Waals surface area contributed by atoms with Gasteiger partial charge in [0.05, 0.1) is 38.3 Å². The summed E-state index contributed by atoms with van der Waals surface area (Å²) in [5, 5.41) is 3.34. The molecule has 2 amide bonds. The van der Waals surface area contributed by atoms with Gasteiger partial charge in [0.25, 0.3) is 5.91 Å². The summed E-state index contributed by atoms with van der Waals surface area (Å²) in [5.41, 5.74) is 0.648. The lowest BCUT2D eigenvalue weighted by molar-refractivity contribution is -0.917. The summed E-state index contributed by atoms with van der Waals surface area (Å²) in [7, 11) is 1.55. The van der Waals surface area contributed by atoms with E-state index in [-0.39, 0.29) is 17.9 Å². The first-order valence-electron chi connectivity index (χ1n) is 7.67. The van der Waals surface area contributed by atoms with E-state index >= 15 is 0 Å². The molecule has 1 aliphatic rings. The predicted octanol–water partition coefficient (Wildman–Crippen LogP) is 0.423. The number of methoxy groups -OCH3 is 1. The summed E-state index contributed by atoms with van der Waals surface area (Å²) < 4.78 is 5.10.